The quantitative estimate of drug-likeness (QED) is 0.769. The largest absolute Gasteiger partial charge is 0.494 e. The van der Waals surface area contributed by atoms with Crippen LogP contribution in [0.25, 0.3) is 0 Å². The molecular formula is C16H16FN3O4S. The molecule has 0 unspecified atom stereocenters. The van der Waals surface area contributed by atoms with Crippen molar-refractivity contribution < 1.29 is 22.3 Å². The number of carbonyl (C=O) groups is 1. The number of halogens is 1. The minimum absolute atomic E-state index is 0.0330. The third kappa shape index (κ3) is 3.72. The lowest BCUT2D eigenvalue weighted by Crippen LogP contribution is -2.51. The zero-order chi connectivity index (χ0) is 18.0. The summed E-state index contributed by atoms with van der Waals surface area (Å²) in [5.41, 5.74) is 0.505. The molecule has 0 aromatic heterocycles. The second kappa shape index (κ2) is 6.69. The number of anilines is 2. The van der Waals surface area contributed by atoms with Gasteiger partial charge in [-0.15, -0.1) is 0 Å². The van der Waals surface area contributed by atoms with Gasteiger partial charge >= 0.3 is 0 Å². The number of ether oxygens (including phenoxy) is 1. The molecule has 1 aliphatic rings. The highest BCUT2D eigenvalue weighted by Gasteiger charge is 2.33. The summed E-state index contributed by atoms with van der Waals surface area (Å²) in [6.45, 7) is 2.38. The summed E-state index contributed by atoms with van der Waals surface area (Å²) < 4.78 is 45.3. The first-order valence-electron chi connectivity index (χ1n) is 7.51. The van der Waals surface area contributed by atoms with E-state index in [9.17, 15) is 17.6 Å². The molecule has 1 atom stereocenters. The average molecular weight is 365 g/mol. The van der Waals surface area contributed by atoms with Crippen LogP contribution in [0.3, 0.4) is 0 Å². The molecule has 3 rings (SSSR count). The van der Waals surface area contributed by atoms with Crippen molar-refractivity contribution >= 4 is 27.3 Å². The predicted molar refractivity (Wildman–Crippen MR) is 90.4 cm³/mol. The SMILES string of the molecule is CCOc1ccc(NC(=O)[C@@H]2Nc3cc(F)ccc3S(=O)(=O)N2)cc1. The van der Waals surface area contributed by atoms with E-state index in [4.69, 9.17) is 4.74 Å². The number of sulfonamides is 1. The highest BCUT2D eigenvalue weighted by atomic mass is 32.2. The van der Waals surface area contributed by atoms with Crippen LogP contribution in [0.2, 0.25) is 0 Å². The third-order valence-electron chi connectivity index (χ3n) is 3.50. The number of nitrogens with one attached hydrogen (secondary N) is 3. The van der Waals surface area contributed by atoms with Crippen LogP contribution in [0.1, 0.15) is 6.92 Å². The molecule has 1 amide bonds. The summed E-state index contributed by atoms with van der Waals surface area (Å²) in [5, 5.41) is 5.26. The van der Waals surface area contributed by atoms with Crippen molar-refractivity contribution in [1.29, 1.82) is 0 Å². The Labute approximate surface area is 144 Å². The predicted octanol–water partition coefficient (Wildman–Crippen LogP) is 1.89. The molecule has 0 saturated heterocycles. The first kappa shape index (κ1) is 17.2. The molecular weight excluding hydrogens is 349 g/mol. The zero-order valence-corrected chi connectivity index (χ0v) is 14.1. The van der Waals surface area contributed by atoms with E-state index in [2.05, 4.69) is 15.4 Å². The van der Waals surface area contributed by atoms with Crippen LogP contribution in [-0.2, 0) is 14.8 Å². The minimum atomic E-state index is -3.92. The van der Waals surface area contributed by atoms with Gasteiger partial charge in [0.25, 0.3) is 5.91 Å². The van der Waals surface area contributed by atoms with Crippen molar-refractivity contribution in [3.63, 3.8) is 0 Å². The molecule has 0 saturated carbocycles. The number of hydrogen-bond donors (Lipinski definition) is 3. The fraction of sp³-hybridized carbons (Fsp3) is 0.188. The van der Waals surface area contributed by atoms with Crippen LogP contribution in [-0.4, -0.2) is 27.1 Å². The van der Waals surface area contributed by atoms with E-state index in [0.29, 0.717) is 18.0 Å². The van der Waals surface area contributed by atoms with Crippen molar-refractivity contribution in [3.05, 3.63) is 48.3 Å². The average Bonchev–Trinajstić information content (AvgIpc) is 2.55. The second-order valence-corrected chi connectivity index (χ2v) is 6.97. The Morgan fingerprint density at radius 3 is 2.64 bits per heavy atom. The maximum Gasteiger partial charge on any atom is 0.262 e. The van der Waals surface area contributed by atoms with E-state index in [-0.39, 0.29) is 10.6 Å². The molecule has 9 heteroatoms. The van der Waals surface area contributed by atoms with E-state index in [1.54, 1.807) is 24.3 Å². The topological polar surface area (TPSA) is 96.5 Å². The molecule has 3 N–H and O–H groups in total. The number of amides is 1. The van der Waals surface area contributed by atoms with Gasteiger partial charge in [0, 0.05) is 5.69 Å². The van der Waals surface area contributed by atoms with Gasteiger partial charge in [0.05, 0.1) is 12.3 Å². The number of fused-ring (bicyclic) bond motifs is 1. The Morgan fingerprint density at radius 2 is 1.96 bits per heavy atom. The second-order valence-electron chi connectivity index (χ2n) is 5.29. The van der Waals surface area contributed by atoms with Gasteiger partial charge in [-0.25, -0.2) is 12.8 Å². The van der Waals surface area contributed by atoms with E-state index >= 15 is 0 Å². The van der Waals surface area contributed by atoms with Crippen molar-refractivity contribution in [2.45, 2.75) is 18.0 Å². The first-order valence-corrected chi connectivity index (χ1v) is 8.99. The molecule has 0 aliphatic carbocycles. The molecule has 2 aromatic carbocycles. The van der Waals surface area contributed by atoms with Gasteiger partial charge in [-0.1, -0.05) is 0 Å². The molecule has 0 spiro atoms. The maximum absolute atomic E-state index is 13.4. The summed E-state index contributed by atoms with van der Waals surface area (Å²) in [6.07, 6.45) is -1.26. The number of rotatable bonds is 4. The lowest BCUT2D eigenvalue weighted by atomic mass is 10.2. The van der Waals surface area contributed by atoms with Crippen molar-refractivity contribution in [3.8, 4) is 5.75 Å². The summed E-state index contributed by atoms with van der Waals surface area (Å²) in [5.74, 6) is -0.571. The molecule has 132 valence electrons. The summed E-state index contributed by atoms with van der Waals surface area (Å²) >= 11 is 0. The molecule has 7 nitrogen and oxygen atoms in total. The van der Waals surface area contributed by atoms with Gasteiger partial charge in [0.1, 0.15) is 16.5 Å². The van der Waals surface area contributed by atoms with Crippen LogP contribution in [0.15, 0.2) is 47.4 Å². The molecule has 1 heterocycles. The van der Waals surface area contributed by atoms with E-state index in [1.165, 1.54) is 0 Å². The van der Waals surface area contributed by atoms with Crippen molar-refractivity contribution in [2.75, 3.05) is 17.2 Å². The van der Waals surface area contributed by atoms with Gasteiger partial charge < -0.3 is 15.4 Å². The molecule has 1 aliphatic heterocycles. The number of hydrogen-bond acceptors (Lipinski definition) is 5. The van der Waals surface area contributed by atoms with Gasteiger partial charge in [-0.05, 0) is 49.4 Å². The summed E-state index contributed by atoms with van der Waals surface area (Å²) in [6, 6.07) is 9.84. The molecule has 25 heavy (non-hydrogen) atoms. The van der Waals surface area contributed by atoms with E-state index in [1.807, 2.05) is 6.92 Å². The summed E-state index contributed by atoms with van der Waals surface area (Å²) in [7, 11) is -3.92. The highest BCUT2D eigenvalue weighted by Crippen LogP contribution is 2.27. The van der Waals surface area contributed by atoms with Crippen LogP contribution < -0.4 is 20.1 Å². The monoisotopic (exact) mass is 365 g/mol. The normalized spacial score (nSPS) is 17.9. The Kier molecular flexibility index (Phi) is 4.60. The fourth-order valence-corrected chi connectivity index (χ4v) is 3.65. The smallest absolute Gasteiger partial charge is 0.262 e. The number of benzene rings is 2. The molecule has 0 fully saturated rings. The Balaban J connectivity index is 1.77. The van der Waals surface area contributed by atoms with Crippen LogP contribution >= 0.6 is 0 Å². The Hall–Kier alpha value is -2.65. The lowest BCUT2D eigenvalue weighted by molar-refractivity contribution is -0.117. The highest BCUT2D eigenvalue weighted by molar-refractivity contribution is 7.89. The van der Waals surface area contributed by atoms with Gasteiger partial charge in [-0.3, -0.25) is 4.79 Å². The first-order chi connectivity index (χ1) is 11.9. The molecule has 2 aromatic rings. The fourth-order valence-electron chi connectivity index (χ4n) is 2.39. The maximum atomic E-state index is 13.4. The van der Waals surface area contributed by atoms with Crippen molar-refractivity contribution in [1.82, 2.24) is 4.72 Å². The van der Waals surface area contributed by atoms with Crippen molar-refractivity contribution in [2.24, 2.45) is 0 Å². The summed E-state index contributed by atoms with van der Waals surface area (Å²) in [4.78, 5) is 12.2. The number of carbonyl (C=O) groups excluding carboxylic acids is 1. The molecule has 0 radical (unpaired) electrons. The minimum Gasteiger partial charge on any atom is -0.494 e. The lowest BCUT2D eigenvalue weighted by Gasteiger charge is -2.27. The zero-order valence-electron chi connectivity index (χ0n) is 13.2. The van der Waals surface area contributed by atoms with Crippen LogP contribution in [0.5, 0.6) is 5.75 Å². The Morgan fingerprint density at radius 1 is 1.24 bits per heavy atom. The standard InChI is InChI=1S/C16H16FN3O4S/c1-2-24-12-6-4-11(5-7-12)18-16(21)15-19-13-9-10(17)3-8-14(13)25(22,23)20-15/h3-9,15,19-20H,2H2,1H3,(H,18,21)/t15-/m1/s1. The van der Waals surface area contributed by atoms with Gasteiger partial charge in [0.2, 0.25) is 10.0 Å². The van der Waals surface area contributed by atoms with Gasteiger partial charge in [-0.2, -0.15) is 4.72 Å². The van der Waals surface area contributed by atoms with Crippen LogP contribution in [0.4, 0.5) is 15.8 Å². The Bertz CT molecular complexity index is 900. The van der Waals surface area contributed by atoms with Crippen LogP contribution in [0, 0.1) is 5.82 Å². The molecule has 0 bridgehead atoms. The third-order valence-corrected chi connectivity index (χ3v) is 4.98. The van der Waals surface area contributed by atoms with E-state index in [0.717, 1.165) is 18.2 Å². The van der Waals surface area contributed by atoms with Gasteiger partial charge in [0.15, 0.2) is 6.17 Å². The van der Waals surface area contributed by atoms with E-state index < -0.39 is 27.9 Å².